The molecule has 0 aromatic heterocycles. The third-order valence-electron chi connectivity index (χ3n) is 2.52. The molecule has 4 heteroatoms. The van der Waals surface area contributed by atoms with Crippen LogP contribution < -0.4 is 10.6 Å². The molecule has 1 atom stereocenters. The lowest BCUT2D eigenvalue weighted by molar-refractivity contribution is -0.120. The van der Waals surface area contributed by atoms with Crippen molar-refractivity contribution in [1.82, 2.24) is 5.32 Å². The molecule has 1 aromatic rings. The summed E-state index contributed by atoms with van der Waals surface area (Å²) in [6.07, 6.45) is 0. The number of benzene rings is 1. The lowest BCUT2D eigenvalue weighted by Gasteiger charge is -2.22. The van der Waals surface area contributed by atoms with Crippen molar-refractivity contribution in [3.05, 3.63) is 29.8 Å². The summed E-state index contributed by atoms with van der Waals surface area (Å²) < 4.78 is 5.24. The van der Waals surface area contributed by atoms with Crippen LogP contribution in [0.1, 0.15) is 5.56 Å². The summed E-state index contributed by atoms with van der Waals surface area (Å²) in [6, 6.07) is 7.51. The molecule has 0 spiro atoms. The number of morpholine rings is 1. The molecular weight excluding hydrogens is 204 g/mol. The van der Waals surface area contributed by atoms with E-state index >= 15 is 0 Å². The first-order chi connectivity index (χ1) is 7.75. The van der Waals surface area contributed by atoms with Crippen LogP contribution in [0.5, 0.6) is 0 Å². The number of nitrogens with one attached hydrogen (secondary N) is 2. The molecule has 0 saturated carbocycles. The van der Waals surface area contributed by atoms with Crippen molar-refractivity contribution in [2.45, 2.75) is 13.0 Å². The Labute approximate surface area is 95.0 Å². The lowest BCUT2D eigenvalue weighted by Crippen LogP contribution is -2.48. The van der Waals surface area contributed by atoms with E-state index in [2.05, 4.69) is 10.6 Å². The van der Waals surface area contributed by atoms with E-state index in [4.69, 9.17) is 4.74 Å². The van der Waals surface area contributed by atoms with Crippen molar-refractivity contribution < 1.29 is 9.53 Å². The van der Waals surface area contributed by atoms with Gasteiger partial charge in [-0.15, -0.1) is 0 Å². The molecule has 0 aliphatic carbocycles. The summed E-state index contributed by atoms with van der Waals surface area (Å²) in [5.74, 6) is -0.0368. The highest BCUT2D eigenvalue weighted by molar-refractivity contribution is 5.95. The molecule has 1 amide bonds. The SMILES string of the molecule is Cc1cccc(NC(=O)[C@H]2COCCN2)c1. The van der Waals surface area contributed by atoms with E-state index in [-0.39, 0.29) is 11.9 Å². The van der Waals surface area contributed by atoms with Gasteiger partial charge >= 0.3 is 0 Å². The third-order valence-corrected chi connectivity index (χ3v) is 2.52. The van der Waals surface area contributed by atoms with Crippen LogP contribution in [-0.4, -0.2) is 31.7 Å². The Balaban J connectivity index is 1.96. The number of amides is 1. The zero-order chi connectivity index (χ0) is 11.4. The molecule has 1 aromatic carbocycles. The second-order valence-corrected chi connectivity index (χ2v) is 3.94. The Morgan fingerprint density at radius 3 is 3.12 bits per heavy atom. The van der Waals surface area contributed by atoms with Gasteiger partial charge in [-0.3, -0.25) is 4.79 Å². The average Bonchev–Trinajstić information content (AvgIpc) is 2.30. The van der Waals surface area contributed by atoms with Crippen molar-refractivity contribution in [1.29, 1.82) is 0 Å². The standard InChI is InChI=1S/C12H16N2O2/c1-9-3-2-4-10(7-9)14-12(15)11-8-16-6-5-13-11/h2-4,7,11,13H,5-6,8H2,1H3,(H,14,15)/t11-/m1/s1. The van der Waals surface area contributed by atoms with Gasteiger partial charge in [0.2, 0.25) is 5.91 Å². The molecule has 0 unspecified atom stereocenters. The van der Waals surface area contributed by atoms with Crippen LogP contribution in [0.4, 0.5) is 5.69 Å². The first kappa shape index (κ1) is 11.1. The summed E-state index contributed by atoms with van der Waals surface area (Å²) in [5, 5.41) is 5.99. The molecule has 16 heavy (non-hydrogen) atoms. The van der Waals surface area contributed by atoms with Crippen LogP contribution in [-0.2, 0) is 9.53 Å². The highest BCUT2D eigenvalue weighted by Crippen LogP contribution is 2.10. The summed E-state index contributed by atoms with van der Waals surface area (Å²) in [5.41, 5.74) is 1.96. The Morgan fingerprint density at radius 1 is 1.56 bits per heavy atom. The van der Waals surface area contributed by atoms with E-state index < -0.39 is 0 Å². The number of aryl methyl sites for hydroxylation is 1. The number of hydrogen-bond acceptors (Lipinski definition) is 3. The fourth-order valence-electron chi connectivity index (χ4n) is 1.69. The Kier molecular flexibility index (Phi) is 3.54. The quantitative estimate of drug-likeness (QED) is 0.779. The molecule has 4 nitrogen and oxygen atoms in total. The molecule has 1 aliphatic heterocycles. The molecular formula is C12H16N2O2. The zero-order valence-corrected chi connectivity index (χ0v) is 9.32. The van der Waals surface area contributed by atoms with Crippen molar-refractivity contribution in [2.24, 2.45) is 0 Å². The lowest BCUT2D eigenvalue weighted by atomic mass is 10.2. The van der Waals surface area contributed by atoms with Gasteiger partial charge < -0.3 is 15.4 Å². The maximum atomic E-state index is 11.8. The topological polar surface area (TPSA) is 50.4 Å². The van der Waals surface area contributed by atoms with Crippen LogP contribution in [0.2, 0.25) is 0 Å². The smallest absolute Gasteiger partial charge is 0.243 e. The first-order valence-corrected chi connectivity index (χ1v) is 5.44. The van der Waals surface area contributed by atoms with Crippen molar-refractivity contribution in [3.8, 4) is 0 Å². The predicted molar refractivity (Wildman–Crippen MR) is 62.4 cm³/mol. The number of carbonyl (C=O) groups is 1. The molecule has 0 radical (unpaired) electrons. The van der Waals surface area contributed by atoms with Crippen LogP contribution in [0, 0.1) is 6.92 Å². The number of anilines is 1. The van der Waals surface area contributed by atoms with Gasteiger partial charge in [0.1, 0.15) is 6.04 Å². The Morgan fingerprint density at radius 2 is 2.44 bits per heavy atom. The van der Waals surface area contributed by atoms with Gasteiger partial charge in [-0.05, 0) is 24.6 Å². The van der Waals surface area contributed by atoms with Crippen molar-refractivity contribution >= 4 is 11.6 Å². The van der Waals surface area contributed by atoms with Gasteiger partial charge in [0, 0.05) is 12.2 Å². The minimum atomic E-state index is -0.241. The van der Waals surface area contributed by atoms with Crippen LogP contribution >= 0.6 is 0 Å². The number of hydrogen-bond donors (Lipinski definition) is 2. The number of rotatable bonds is 2. The zero-order valence-electron chi connectivity index (χ0n) is 9.32. The van der Waals surface area contributed by atoms with Gasteiger partial charge in [0.05, 0.1) is 13.2 Å². The molecule has 1 fully saturated rings. The molecule has 2 rings (SSSR count). The minimum Gasteiger partial charge on any atom is -0.378 e. The largest absolute Gasteiger partial charge is 0.378 e. The molecule has 0 bridgehead atoms. The first-order valence-electron chi connectivity index (χ1n) is 5.44. The summed E-state index contributed by atoms with van der Waals surface area (Å²) >= 11 is 0. The van der Waals surface area contributed by atoms with Crippen LogP contribution in [0.15, 0.2) is 24.3 Å². The Hall–Kier alpha value is -1.39. The fourth-order valence-corrected chi connectivity index (χ4v) is 1.69. The normalized spacial score (nSPS) is 20.4. The van der Waals surface area contributed by atoms with Crippen molar-refractivity contribution in [2.75, 3.05) is 25.1 Å². The van der Waals surface area contributed by atoms with Gasteiger partial charge in [-0.25, -0.2) is 0 Å². The van der Waals surface area contributed by atoms with E-state index in [1.54, 1.807) is 0 Å². The van der Waals surface area contributed by atoms with Crippen molar-refractivity contribution in [3.63, 3.8) is 0 Å². The summed E-state index contributed by atoms with van der Waals surface area (Å²) in [7, 11) is 0. The molecule has 1 aliphatic rings. The van der Waals surface area contributed by atoms with E-state index in [0.29, 0.717) is 13.2 Å². The maximum Gasteiger partial charge on any atom is 0.243 e. The van der Waals surface area contributed by atoms with Gasteiger partial charge in [-0.2, -0.15) is 0 Å². The molecule has 1 heterocycles. The van der Waals surface area contributed by atoms with Crippen LogP contribution in [0.3, 0.4) is 0 Å². The van der Waals surface area contributed by atoms with Gasteiger partial charge in [-0.1, -0.05) is 12.1 Å². The predicted octanol–water partition coefficient (Wildman–Crippen LogP) is 0.922. The highest BCUT2D eigenvalue weighted by atomic mass is 16.5. The minimum absolute atomic E-state index is 0.0368. The monoisotopic (exact) mass is 220 g/mol. The highest BCUT2D eigenvalue weighted by Gasteiger charge is 2.20. The number of ether oxygens (including phenoxy) is 1. The van der Waals surface area contributed by atoms with Crippen LogP contribution in [0.25, 0.3) is 0 Å². The third kappa shape index (κ3) is 2.81. The molecule has 1 saturated heterocycles. The maximum absolute atomic E-state index is 11.8. The van der Waals surface area contributed by atoms with Gasteiger partial charge in [0.25, 0.3) is 0 Å². The van der Waals surface area contributed by atoms with Gasteiger partial charge in [0.15, 0.2) is 0 Å². The Bertz CT molecular complexity index is 373. The summed E-state index contributed by atoms with van der Waals surface area (Å²) in [4.78, 5) is 11.8. The molecule has 2 N–H and O–H groups in total. The summed E-state index contributed by atoms with van der Waals surface area (Å²) in [6.45, 7) is 3.84. The van der Waals surface area contributed by atoms with E-state index in [9.17, 15) is 4.79 Å². The number of carbonyl (C=O) groups excluding carboxylic acids is 1. The van der Waals surface area contributed by atoms with E-state index in [1.165, 1.54) is 0 Å². The van der Waals surface area contributed by atoms with E-state index in [0.717, 1.165) is 17.8 Å². The fraction of sp³-hybridized carbons (Fsp3) is 0.417. The second kappa shape index (κ2) is 5.09. The van der Waals surface area contributed by atoms with E-state index in [1.807, 2.05) is 31.2 Å². The second-order valence-electron chi connectivity index (χ2n) is 3.94. The molecule has 86 valence electrons. The average molecular weight is 220 g/mol.